The zero-order valence-corrected chi connectivity index (χ0v) is 25.7. The van der Waals surface area contributed by atoms with Gasteiger partial charge in [0.2, 0.25) is 0 Å². The molecule has 0 aliphatic heterocycles. The Bertz CT molecular complexity index is 1720. The van der Waals surface area contributed by atoms with Gasteiger partial charge < -0.3 is 9.84 Å². The number of rotatable bonds is 8. The number of benzene rings is 3. The number of nitrogens with zero attached hydrogens (tertiary/aromatic N) is 5. The van der Waals surface area contributed by atoms with Gasteiger partial charge in [0, 0.05) is 17.2 Å². The fraction of sp³-hybridized carbons (Fsp3) is 0.281. The smallest absolute Gasteiger partial charge is 0.155 e. The fourth-order valence-electron chi connectivity index (χ4n) is 5.32. The zero-order chi connectivity index (χ0) is 31.6. The molecule has 0 saturated heterocycles. The van der Waals surface area contributed by atoms with Gasteiger partial charge in [-0.05, 0) is 67.5 Å². The maximum atomic E-state index is 14.5. The minimum atomic E-state index is -0.945. The van der Waals surface area contributed by atoms with Crippen molar-refractivity contribution in [1.29, 1.82) is 0 Å². The van der Waals surface area contributed by atoms with Gasteiger partial charge in [0.15, 0.2) is 5.15 Å². The van der Waals surface area contributed by atoms with E-state index >= 15 is 0 Å². The van der Waals surface area contributed by atoms with E-state index in [1.54, 1.807) is 24.0 Å². The Morgan fingerprint density at radius 2 is 1.73 bits per heavy atom. The van der Waals surface area contributed by atoms with Crippen LogP contribution < -0.4 is 4.74 Å². The summed E-state index contributed by atoms with van der Waals surface area (Å²) in [7, 11) is 1.31. The van der Waals surface area contributed by atoms with Crippen molar-refractivity contribution in [3.63, 3.8) is 0 Å². The molecular weight excluding hydrogens is 614 g/mol. The molecule has 230 valence electrons. The number of methoxy groups -OCH3 is 1. The summed E-state index contributed by atoms with van der Waals surface area (Å²) in [4.78, 5) is 8.01. The average molecular weight is 645 g/mol. The first-order valence-electron chi connectivity index (χ1n) is 13.9. The van der Waals surface area contributed by atoms with Gasteiger partial charge in [-0.3, -0.25) is 4.57 Å². The molecule has 1 aliphatic carbocycles. The van der Waals surface area contributed by atoms with Crippen molar-refractivity contribution in [2.24, 2.45) is 11.8 Å². The summed E-state index contributed by atoms with van der Waals surface area (Å²) in [5.74, 6) is -1.03. The molecule has 7 nitrogen and oxygen atoms in total. The molecule has 2 heterocycles. The van der Waals surface area contributed by atoms with Crippen LogP contribution in [0.25, 0.3) is 16.9 Å². The number of aryl methyl sites for hydroxylation is 1. The maximum Gasteiger partial charge on any atom is 0.155 e. The van der Waals surface area contributed by atoms with E-state index < -0.39 is 23.1 Å². The summed E-state index contributed by atoms with van der Waals surface area (Å²) in [5.41, 5.74) is -0.0455. The normalized spacial score (nSPS) is 14.8. The van der Waals surface area contributed by atoms with Crippen LogP contribution in [-0.2, 0) is 12.1 Å². The van der Waals surface area contributed by atoms with Gasteiger partial charge in [-0.15, -0.1) is 0 Å². The molecule has 6 rings (SSSR count). The minimum absolute atomic E-state index is 0.0115. The third-order valence-corrected chi connectivity index (χ3v) is 8.37. The second-order valence-electron chi connectivity index (χ2n) is 10.7. The van der Waals surface area contributed by atoms with Crippen molar-refractivity contribution in [2.75, 3.05) is 7.11 Å². The van der Waals surface area contributed by atoms with Crippen molar-refractivity contribution >= 4 is 23.2 Å². The van der Waals surface area contributed by atoms with Crippen molar-refractivity contribution in [3.8, 4) is 22.7 Å². The highest BCUT2D eigenvalue weighted by molar-refractivity contribution is 6.32. The SMILES string of the molecule is CC(C1CC1)C(O)(Cn1cncn1)c1ccc(Cl)cc1.COc1cc(F)c(-c2c(Cl)nc(C)n2-c2cccc(F)c2)c(F)c1. The number of halogens is 5. The molecule has 0 amide bonds. The fourth-order valence-corrected chi connectivity index (χ4v) is 5.75. The molecule has 0 bridgehead atoms. The Hall–Kier alpha value is -3.86. The van der Waals surface area contributed by atoms with Gasteiger partial charge >= 0.3 is 0 Å². The van der Waals surface area contributed by atoms with E-state index in [1.807, 2.05) is 24.3 Å². The average Bonchev–Trinajstić information content (AvgIpc) is 3.64. The van der Waals surface area contributed by atoms with E-state index in [-0.39, 0.29) is 28.1 Å². The highest BCUT2D eigenvalue weighted by Crippen LogP contribution is 2.46. The highest BCUT2D eigenvalue weighted by atomic mass is 35.5. The Balaban J connectivity index is 0.000000177. The van der Waals surface area contributed by atoms with Crippen molar-refractivity contribution in [3.05, 3.63) is 112 Å². The van der Waals surface area contributed by atoms with Crippen molar-refractivity contribution in [2.45, 2.75) is 38.8 Å². The number of imidazole rings is 1. The van der Waals surface area contributed by atoms with E-state index in [4.69, 9.17) is 27.9 Å². The third kappa shape index (κ3) is 6.62. The minimum Gasteiger partial charge on any atom is -0.497 e. The summed E-state index contributed by atoms with van der Waals surface area (Å²) in [5, 5.41) is 16.0. The van der Waals surface area contributed by atoms with Crippen LogP contribution in [0.3, 0.4) is 0 Å². The van der Waals surface area contributed by atoms with Gasteiger partial charge in [-0.1, -0.05) is 48.3 Å². The maximum absolute atomic E-state index is 14.5. The molecule has 2 atom stereocenters. The topological polar surface area (TPSA) is 78.0 Å². The van der Waals surface area contributed by atoms with E-state index in [2.05, 4.69) is 22.0 Å². The standard InChI is InChI=1S/C17H12ClF3N2O.C15H18ClN3O/c1-9-22-17(18)16(23(9)11-5-3-4-10(19)6-11)15-13(20)7-12(24-2)8-14(15)21;1-11(12-2-3-12)15(20,8-19-10-17-9-18-19)13-4-6-14(16)7-5-13/h3-8H,1-2H3;4-7,9-12,20H,2-3,8H2,1H3. The van der Waals surface area contributed by atoms with Crippen LogP contribution in [0.2, 0.25) is 10.2 Å². The molecule has 1 saturated carbocycles. The van der Waals surface area contributed by atoms with E-state index in [1.165, 1.54) is 49.0 Å². The quantitative estimate of drug-likeness (QED) is 0.187. The molecule has 3 aromatic carbocycles. The number of hydrogen-bond acceptors (Lipinski definition) is 5. The van der Waals surface area contributed by atoms with Crippen molar-refractivity contribution < 1.29 is 23.0 Å². The first-order chi connectivity index (χ1) is 21.0. The van der Waals surface area contributed by atoms with Crippen LogP contribution in [0.15, 0.2) is 73.3 Å². The predicted molar refractivity (Wildman–Crippen MR) is 162 cm³/mol. The van der Waals surface area contributed by atoms with Crippen LogP contribution in [-0.4, -0.2) is 36.5 Å². The van der Waals surface area contributed by atoms with Crippen LogP contribution in [0.5, 0.6) is 5.75 Å². The summed E-state index contributed by atoms with van der Waals surface area (Å²) >= 11 is 12.1. The summed E-state index contributed by atoms with van der Waals surface area (Å²) in [6.07, 6.45) is 5.51. The molecule has 1 N–H and O–H groups in total. The lowest BCUT2D eigenvalue weighted by molar-refractivity contribution is -0.0442. The number of hydrogen-bond donors (Lipinski definition) is 1. The first kappa shape index (κ1) is 31.6. The lowest BCUT2D eigenvalue weighted by Gasteiger charge is -2.35. The number of aliphatic hydroxyl groups is 1. The van der Waals surface area contributed by atoms with Crippen LogP contribution in [0.1, 0.15) is 31.2 Å². The Morgan fingerprint density at radius 3 is 2.30 bits per heavy atom. The zero-order valence-electron chi connectivity index (χ0n) is 24.2. The van der Waals surface area contributed by atoms with Gasteiger partial charge in [0.25, 0.3) is 0 Å². The van der Waals surface area contributed by atoms with Gasteiger partial charge in [0.05, 0.1) is 30.6 Å². The Kier molecular flexibility index (Phi) is 9.34. The molecule has 0 radical (unpaired) electrons. The second kappa shape index (κ2) is 13.0. The molecule has 44 heavy (non-hydrogen) atoms. The summed E-state index contributed by atoms with van der Waals surface area (Å²) in [6, 6.07) is 15.1. The first-order valence-corrected chi connectivity index (χ1v) is 14.6. The second-order valence-corrected chi connectivity index (χ2v) is 11.5. The lowest BCUT2D eigenvalue weighted by Crippen LogP contribution is -2.39. The highest BCUT2D eigenvalue weighted by Gasteiger charge is 2.44. The molecule has 0 spiro atoms. The lowest BCUT2D eigenvalue weighted by atomic mass is 9.79. The number of ether oxygens (including phenoxy) is 1. The van der Waals surface area contributed by atoms with Crippen LogP contribution in [0, 0.1) is 36.2 Å². The Morgan fingerprint density at radius 1 is 1.05 bits per heavy atom. The van der Waals surface area contributed by atoms with Gasteiger partial charge in [-0.25, -0.2) is 27.8 Å². The monoisotopic (exact) mass is 643 g/mol. The molecule has 1 fully saturated rings. The third-order valence-electron chi connectivity index (χ3n) is 7.85. The molecule has 2 unspecified atom stereocenters. The number of aromatic nitrogens is 5. The van der Waals surface area contributed by atoms with Crippen LogP contribution >= 0.6 is 23.2 Å². The molecule has 2 aromatic heterocycles. The van der Waals surface area contributed by atoms with Gasteiger partial charge in [-0.2, -0.15) is 5.10 Å². The van der Waals surface area contributed by atoms with E-state index in [0.717, 1.165) is 17.7 Å². The molecule has 12 heteroatoms. The summed E-state index contributed by atoms with van der Waals surface area (Å²) < 4.78 is 50.4. The Labute approximate surface area is 262 Å². The predicted octanol–water partition coefficient (Wildman–Crippen LogP) is 7.79. The molecule has 5 aromatic rings. The van der Waals surface area contributed by atoms with Crippen LogP contribution in [0.4, 0.5) is 13.2 Å². The van der Waals surface area contributed by atoms with Crippen molar-refractivity contribution in [1.82, 2.24) is 24.3 Å². The van der Waals surface area contributed by atoms with E-state index in [9.17, 15) is 18.3 Å². The van der Waals surface area contributed by atoms with E-state index in [0.29, 0.717) is 29.0 Å². The van der Waals surface area contributed by atoms with Gasteiger partial charge in [0.1, 0.15) is 47.3 Å². The summed E-state index contributed by atoms with van der Waals surface area (Å²) in [6.45, 7) is 4.13. The molecule has 1 aliphatic rings. The largest absolute Gasteiger partial charge is 0.497 e. The molecular formula is C32H30Cl2F3N5O2.